The van der Waals surface area contributed by atoms with Crippen molar-refractivity contribution in [3.63, 3.8) is 0 Å². The molecule has 0 fully saturated rings. The van der Waals surface area contributed by atoms with Gasteiger partial charge in [-0.05, 0) is 36.2 Å². The summed E-state index contributed by atoms with van der Waals surface area (Å²) < 4.78 is 0. The van der Waals surface area contributed by atoms with Crippen LogP contribution < -0.4 is 10.2 Å². The molecule has 1 aromatic heterocycles. The molecule has 1 N–H and O–H groups in total. The molecule has 1 aliphatic rings. The van der Waals surface area contributed by atoms with Crippen LogP contribution in [0, 0.1) is 0 Å². The van der Waals surface area contributed by atoms with E-state index in [0.717, 1.165) is 24.5 Å². The molecule has 0 saturated carbocycles. The number of anilines is 4. The highest BCUT2D eigenvalue weighted by molar-refractivity contribution is 6.35. The zero-order chi connectivity index (χ0) is 16.5. The highest BCUT2D eigenvalue weighted by atomic mass is 35.5. The SMILES string of the molecule is Clc1ccc(Cl)c(Nc2nncc(N3CCc4ccccc43)n2)c1. The standard InChI is InChI=1S/C17H13Cl2N5/c18-12-5-6-13(19)14(9-12)21-17-22-16(10-20-23-17)24-8-7-11-3-1-2-4-15(11)24/h1-6,9-10H,7-8H2,(H,21,22,23). The van der Waals surface area contributed by atoms with Crippen LogP contribution in [0.1, 0.15) is 5.56 Å². The fourth-order valence-corrected chi connectivity index (χ4v) is 3.10. The van der Waals surface area contributed by atoms with Gasteiger partial charge in [-0.15, -0.1) is 5.10 Å². The summed E-state index contributed by atoms with van der Waals surface area (Å²) in [6.07, 6.45) is 2.65. The molecule has 0 unspecified atom stereocenters. The molecule has 0 spiro atoms. The Morgan fingerprint density at radius 3 is 2.88 bits per heavy atom. The highest BCUT2D eigenvalue weighted by Gasteiger charge is 2.21. The summed E-state index contributed by atoms with van der Waals surface area (Å²) in [6, 6.07) is 13.5. The lowest BCUT2D eigenvalue weighted by Gasteiger charge is -2.18. The molecule has 120 valence electrons. The molecule has 5 nitrogen and oxygen atoms in total. The van der Waals surface area contributed by atoms with E-state index < -0.39 is 0 Å². The number of halogens is 2. The van der Waals surface area contributed by atoms with Gasteiger partial charge in [0.05, 0.1) is 16.9 Å². The molecule has 24 heavy (non-hydrogen) atoms. The van der Waals surface area contributed by atoms with E-state index >= 15 is 0 Å². The number of nitrogens with zero attached hydrogens (tertiary/aromatic N) is 4. The Morgan fingerprint density at radius 2 is 1.96 bits per heavy atom. The molecule has 0 bridgehead atoms. The minimum atomic E-state index is 0.376. The first-order valence-electron chi connectivity index (χ1n) is 7.48. The van der Waals surface area contributed by atoms with Crippen molar-refractivity contribution < 1.29 is 0 Å². The highest BCUT2D eigenvalue weighted by Crippen LogP contribution is 2.33. The Hall–Kier alpha value is -2.37. The summed E-state index contributed by atoms with van der Waals surface area (Å²) >= 11 is 12.2. The largest absolute Gasteiger partial charge is 0.324 e. The summed E-state index contributed by atoms with van der Waals surface area (Å²) in [4.78, 5) is 6.69. The van der Waals surface area contributed by atoms with Crippen LogP contribution in [-0.2, 0) is 6.42 Å². The van der Waals surface area contributed by atoms with E-state index in [4.69, 9.17) is 23.2 Å². The number of rotatable bonds is 3. The number of aromatic nitrogens is 3. The first-order valence-corrected chi connectivity index (χ1v) is 8.23. The lowest BCUT2D eigenvalue weighted by atomic mass is 10.2. The number of para-hydroxylation sites is 1. The third-order valence-corrected chi connectivity index (χ3v) is 4.45. The normalized spacial score (nSPS) is 13.0. The predicted molar refractivity (Wildman–Crippen MR) is 96.7 cm³/mol. The van der Waals surface area contributed by atoms with Crippen LogP contribution in [0.25, 0.3) is 0 Å². The fraction of sp³-hybridized carbons (Fsp3) is 0.118. The molecular weight excluding hydrogens is 345 g/mol. The van der Waals surface area contributed by atoms with Gasteiger partial charge in [0.1, 0.15) is 0 Å². The van der Waals surface area contributed by atoms with E-state index in [9.17, 15) is 0 Å². The van der Waals surface area contributed by atoms with Crippen molar-refractivity contribution >= 4 is 46.3 Å². The lowest BCUT2D eigenvalue weighted by Crippen LogP contribution is -2.16. The average molecular weight is 358 g/mol. The van der Waals surface area contributed by atoms with Gasteiger partial charge in [0.2, 0.25) is 5.95 Å². The Kier molecular flexibility index (Phi) is 3.96. The Labute approximate surface area is 149 Å². The summed E-state index contributed by atoms with van der Waals surface area (Å²) in [6.45, 7) is 0.870. The van der Waals surface area contributed by atoms with Crippen LogP contribution in [0.3, 0.4) is 0 Å². The zero-order valence-corrected chi connectivity index (χ0v) is 14.1. The van der Waals surface area contributed by atoms with Gasteiger partial charge in [0, 0.05) is 17.3 Å². The van der Waals surface area contributed by atoms with Crippen molar-refractivity contribution in [3.05, 3.63) is 64.3 Å². The monoisotopic (exact) mass is 357 g/mol. The number of hydrogen-bond donors (Lipinski definition) is 1. The quantitative estimate of drug-likeness (QED) is 0.741. The maximum atomic E-state index is 6.17. The van der Waals surface area contributed by atoms with Crippen molar-refractivity contribution in [2.24, 2.45) is 0 Å². The molecule has 1 aliphatic heterocycles. The second-order valence-corrected chi connectivity index (χ2v) is 6.26. The summed E-state index contributed by atoms with van der Waals surface area (Å²) in [7, 11) is 0. The minimum Gasteiger partial charge on any atom is -0.324 e. The van der Waals surface area contributed by atoms with Gasteiger partial charge in [0.15, 0.2) is 5.82 Å². The molecule has 4 rings (SSSR count). The second-order valence-electron chi connectivity index (χ2n) is 5.42. The van der Waals surface area contributed by atoms with E-state index in [-0.39, 0.29) is 0 Å². The van der Waals surface area contributed by atoms with Crippen LogP contribution in [0.2, 0.25) is 10.0 Å². The van der Waals surface area contributed by atoms with Gasteiger partial charge in [-0.3, -0.25) is 0 Å². The van der Waals surface area contributed by atoms with Crippen LogP contribution in [0.5, 0.6) is 0 Å². The molecule has 3 aromatic rings. The lowest BCUT2D eigenvalue weighted by molar-refractivity contribution is 0.920. The number of nitrogens with one attached hydrogen (secondary N) is 1. The van der Waals surface area contributed by atoms with Gasteiger partial charge in [-0.2, -0.15) is 10.1 Å². The van der Waals surface area contributed by atoms with E-state index in [1.165, 1.54) is 5.56 Å². The molecule has 0 radical (unpaired) electrons. The number of fused-ring (bicyclic) bond motifs is 1. The molecule has 0 saturated heterocycles. The van der Waals surface area contributed by atoms with Gasteiger partial charge in [-0.25, -0.2) is 0 Å². The van der Waals surface area contributed by atoms with Crippen LogP contribution >= 0.6 is 23.2 Å². The van der Waals surface area contributed by atoms with E-state index in [1.54, 1.807) is 24.4 Å². The Bertz CT molecular complexity index is 900. The van der Waals surface area contributed by atoms with Crippen LogP contribution in [-0.4, -0.2) is 21.7 Å². The molecule has 0 amide bonds. The third kappa shape index (κ3) is 2.88. The summed E-state index contributed by atoms with van der Waals surface area (Å²) in [5.41, 5.74) is 3.11. The predicted octanol–water partition coefficient (Wildman–Crippen LogP) is 4.62. The van der Waals surface area contributed by atoms with E-state index in [0.29, 0.717) is 21.7 Å². The van der Waals surface area contributed by atoms with Crippen molar-refractivity contribution in [2.45, 2.75) is 6.42 Å². The number of benzene rings is 2. The molecular formula is C17H13Cl2N5. The van der Waals surface area contributed by atoms with Crippen LogP contribution in [0.15, 0.2) is 48.7 Å². The summed E-state index contributed by atoms with van der Waals surface area (Å²) in [5, 5.41) is 12.3. The van der Waals surface area contributed by atoms with Gasteiger partial charge >= 0.3 is 0 Å². The molecule has 7 heteroatoms. The van der Waals surface area contributed by atoms with E-state index in [1.807, 2.05) is 6.07 Å². The van der Waals surface area contributed by atoms with Gasteiger partial charge in [0.25, 0.3) is 0 Å². The van der Waals surface area contributed by atoms with Crippen molar-refractivity contribution in [3.8, 4) is 0 Å². The van der Waals surface area contributed by atoms with Crippen molar-refractivity contribution in [2.75, 3.05) is 16.8 Å². The van der Waals surface area contributed by atoms with Gasteiger partial charge in [-0.1, -0.05) is 41.4 Å². The number of hydrogen-bond acceptors (Lipinski definition) is 5. The molecule has 2 heterocycles. The first kappa shape index (κ1) is 15.2. The average Bonchev–Trinajstić information content (AvgIpc) is 3.03. The fourth-order valence-electron chi connectivity index (χ4n) is 2.77. The molecule has 0 aliphatic carbocycles. The second kappa shape index (κ2) is 6.26. The molecule has 2 aromatic carbocycles. The Balaban J connectivity index is 1.64. The van der Waals surface area contributed by atoms with Crippen molar-refractivity contribution in [1.82, 2.24) is 15.2 Å². The molecule has 0 atom stereocenters. The van der Waals surface area contributed by atoms with Crippen molar-refractivity contribution in [1.29, 1.82) is 0 Å². The van der Waals surface area contributed by atoms with Gasteiger partial charge < -0.3 is 10.2 Å². The zero-order valence-electron chi connectivity index (χ0n) is 12.6. The topological polar surface area (TPSA) is 53.9 Å². The van der Waals surface area contributed by atoms with Crippen LogP contribution in [0.4, 0.5) is 23.1 Å². The first-order chi connectivity index (χ1) is 11.7. The Morgan fingerprint density at radius 1 is 1.08 bits per heavy atom. The third-order valence-electron chi connectivity index (χ3n) is 3.88. The van der Waals surface area contributed by atoms with E-state index in [2.05, 4.69) is 43.6 Å². The minimum absolute atomic E-state index is 0.376. The summed E-state index contributed by atoms with van der Waals surface area (Å²) in [5.74, 6) is 1.12. The smallest absolute Gasteiger partial charge is 0.249 e. The maximum absolute atomic E-state index is 6.17. The maximum Gasteiger partial charge on any atom is 0.249 e.